The highest BCUT2D eigenvalue weighted by atomic mass is 32.2. The van der Waals surface area contributed by atoms with Crippen molar-refractivity contribution < 1.29 is 4.79 Å². The lowest BCUT2D eigenvalue weighted by Crippen LogP contribution is -2.34. The molecule has 3 nitrogen and oxygen atoms in total. The van der Waals surface area contributed by atoms with Gasteiger partial charge in [-0.3, -0.25) is 4.90 Å². The van der Waals surface area contributed by atoms with Crippen molar-refractivity contribution >= 4 is 23.5 Å². The zero-order chi connectivity index (χ0) is 16.2. The minimum Gasteiger partial charge on any atom is -0.318 e. The van der Waals surface area contributed by atoms with Gasteiger partial charge in [-0.2, -0.15) is 0 Å². The Kier molecular flexibility index (Phi) is 4.72. The van der Waals surface area contributed by atoms with E-state index in [0.717, 1.165) is 11.3 Å². The summed E-state index contributed by atoms with van der Waals surface area (Å²) in [7, 11) is 0. The van der Waals surface area contributed by atoms with E-state index in [1.54, 1.807) is 11.8 Å². The Morgan fingerprint density at radius 2 is 1.87 bits per heavy atom. The van der Waals surface area contributed by atoms with Gasteiger partial charge in [0.15, 0.2) is 0 Å². The van der Waals surface area contributed by atoms with Gasteiger partial charge in [0.2, 0.25) is 0 Å². The number of nitrogens with zero attached hydrogens (tertiary/aromatic N) is 2. The summed E-state index contributed by atoms with van der Waals surface area (Å²) in [4.78, 5) is 17.7. The SMILES string of the molecule is C=C[C@H]1CN(Cc2ccccc2)C(=O)N1c1ccc(SC)cc1. The third-order valence-corrected chi connectivity index (χ3v) is 4.80. The van der Waals surface area contributed by atoms with Gasteiger partial charge >= 0.3 is 6.03 Å². The number of carbonyl (C=O) groups excluding carboxylic acids is 1. The highest BCUT2D eigenvalue weighted by Crippen LogP contribution is 2.28. The molecule has 2 aromatic carbocycles. The molecule has 4 heteroatoms. The summed E-state index contributed by atoms with van der Waals surface area (Å²) in [5, 5.41) is 0. The van der Waals surface area contributed by atoms with Crippen LogP contribution in [0.15, 0.2) is 72.1 Å². The van der Waals surface area contributed by atoms with E-state index in [9.17, 15) is 4.79 Å². The van der Waals surface area contributed by atoms with Crippen molar-refractivity contribution in [1.29, 1.82) is 0 Å². The second kappa shape index (κ2) is 6.92. The predicted molar refractivity (Wildman–Crippen MR) is 96.9 cm³/mol. The Labute approximate surface area is 141 Å². The van der Waals surface area contributed by atoms with Crippen LogP contribution in [0.5, 0.6) is 0 Å². The molecule has 0 aromatic heterocycles. The number of benzene rings is 2. The number of thioether (sulfide) groups is 1. The summed E-state index contributed by atoms with van der Waals surface area (Å²) in [6.45, 7) is 5.20. The number of hydrogen-bond donors (Lipinski definition) is 0. The molecule has 3 rings (SSSR count). The molecule has 23 heavy (non-hydrogen) atoms. The van der Waals surface area contributed by atoms with E-state index in [1.807, 2.05) is 76.7 Å². The number of carbonyl (C=O) groups is 1. The van der Waals surface area contributed by atoms with E-state index in [0.29, 0.717) is 13.1 Å². The summed E-state index contributed by atoms with van der Waals surface area (Å²) in [6.07, 6.45) is 3.90. The van der Waals surface area contributed by atoms with Gasteiger partial charge in [0.1, 0.15) is 0 Å². The first-order valence-corrected chi connectivity index (χ1v) is 8.84. The van der Waals surface area contributed by atoms with E-state index in [4.69, 9.17) is 0 Å². The lowest BCUT2D eigenvalue weighted by atomic mass is 10.2. The first kappa shape index (κ1) is 15.7. The molecule has 1 heterocycles. The van der Waals surface area contributed by atoms with Gasteiger partial charge in [0.05, 0.1) is 6.04 Å². The Bertz CT molecular complexity index is 684. The van der Waals surface area contributed by atoms with Crippen LogP contribution >= 0.6 is 11.8 Å². The van der Waals surface area contributed by atoms with Crippen LogP contribution in [0.1, 0.15) is 5.56 Å². The maximum Gasteiger partial charge on any atom is 0.325 e. The summed E-state index contributed by atoms with van der Waals surface area (Å²) in [5.74, 6) is 0. The van der Waals surface area contributed by atoms with Gasteiger partial charge < -0.3 is 4.90 Å². The van der Waals surface area contributed by atoms with Crippen LogP contribution in [0.3, 0.4) is 0 Å². The molecular weight excluding hydrogens is 304 g/mol. The molecule has 1 saturated heterocycles. The van der Waals surface area contributed by atoms with Crippen LogP contribution in [0, 0.1) is 0 Å². The molecule has 0 saturated carbocycles. The van der Waals surface area contributed by atoms with Gasteiger partial charge in [-0.25, -0.2) is 4.79 Å². The zero-order valence-corrected chi connectivity index (χ0v) is 14.0. The van der Waals surface area contributed by atoms with Crippen molar-refractivity contribution in [3.63, 3.8) is 0 Å². The average Bonchev–Trinajstić information content (AvgIpc) is 2.92. The van der Waals surface area contributed by atoms with Crippen LogP contribution in [-0.4, -0.2) is 29.8 Å². The van der Waals surface area contributed by atoms with Gasteiger partial charge in [0, 0.05) is 23.7 Å². The minimum absolute atomic E-state index is 0.00587. The number of urea groups is 1. The first-order valence-electron chi connectivity index (χ1n) is 7.61. The highest BCUT2D eigenvalue weighted by molar-refractivity contribution is 7.98. The van der Waals surface area contributed by atoms with E-state index in [-0.39, 0.29) is 12.1 Å². The molecule has 2 amide bonds. The molecule has 1 aliphatic heterocycles. The number of rotatable bonds is 5. The normalized spacial score (nSPS) is 17.6. The molecular formula is C19H20N2OS. The lowest BCUT2D eigenvalue weighted by molar-refractivity contribution is 0.218. The molecule has 0 bridgehead atoms. The predicted octanol–water partition coefficient (Wildman–Crippen LogP) is 4.41. The standard InChI is InChI=1S/C19H20N2OS/c1-3-16-14-20(13-15-7-5-4-6-8-15)19(22)21(16)17-9-11-18(23-2)12-10-17/h3-12,16H,1,13-14H2,2H3/t16-/m0/s1. The summed E-state index contributed by atoms with van der Waals surface area (Å²) in [6, 6.07) is 18.2. The Morgan fingerprint density at radius 1 is 1.17 bits per heavy atom. The van der Waals surface area contributed by atoms with Crippen LogP contribution < -0.4 is 4.90 Å². The van der Waals surface area contributed by atoms with E-state index in [2.05, 4.69) is 6.58 Å². The molecule has 0 N–H and O–H groups in total. The van der Waals surface area contributed by atoms with Crippen molar-refractivity contribution in [1.82, 2.24) is 4.90 Å². The van der Waals surface area contributed by atoms with Crippen LogP contribution in [0.4, 0.5) is 10.5 Å². The maximum atomic E-state index is 12.8. The Morgan fingerprint density at radius 3 is 2.48 bits per heavy atom. The highest BCUT2D eigenvalue weighted by Gasteiger charge is 2.36. The Balaban J connectivity index is 1.82. The zero-order valence-electron chi connectivity index (χ0n) is 13.2. The third-order valence-electron chi connectivity index (χ3n) is 4.05. The van der Waals surface area contributed by atoms with Crippen molar-refractivity contribution in [2.45, 2.75) is 17.5 Å². The quantitative estimate of drug-likeness (QED) is 0.601. The van der Waals surface area contributed by atoms with E-state index in [1.165, 1.54) is 4.90 Å². The molecule has 0 aliphatic carbocycles. The van der Waals surface area contributed by atoms with Crippen molar-refractivity contribution in [2.75, 3.05) is 17.7 Å². The lowest BCUT2D eigenvalue weighted by Gasteiger charge is -2.21. The molecule has 118 valence electrons. The summed E-state index contributed by atoms with van der Waals surface area (Å²) in [5.41, 5.74) is 2.07. The number of hydrogen-bond acceptors (Lipinski definition) is 2. The van der Waals surface area contributed by atoms with Crippen LogP contribution in [0.25, 0.3) is 0 Å². The fourth-order valence-corrected chi connectivity index (χ4v) is 3.25. The van der Waals surface area contributed by atoms with Gasteiger partial charge in [0.25, 0.3) is 0 Å². The molecule has 0 unspecified atom stereocenters. The fraction of sp³-hybridized carbons (Fsp3) is 0.211. The van der Waals surface area contributed by atoms with Crippen molar-refractivity contribution in [3.05, 3.63) is 72.8 Å². The average molecular weight is 324 g/mol. The minimum atomic E-state index is 0.00587. The molecule has 1 atom stereocenters. The number of anilines is 1. The second-order valence-electron chi connectivity index (χ2n) is 5.52. The third kappa shape index (κ3) is 3.27. The summed E-state index contributed by atoms with van der Waals surface area (Å²) < 4.78 is 0. The summed E-state index contributed by atoms with van der Waals surface area (Å²) >= 11 is 1.70. The monoisotopic (exact) mass is 324 g/mol. The van der Waals surface area contributed by atoms with Gasteiger partial charge in [-0.05, 0) is 36.1 Å². The van der Waals surface area contributed by atoms with Crippen molar-refractivity contribution in [3.8, 4) is 0 Å². The molecule has 2 aromatic rings. The van der Waals surface area contributed by atoms with Gasteiger partial charge in [-0.15, -0.1) is 18.3 Å². The van der Waals surface area contributed by atoms with Crippen LogP contribution in [0.2, 0.25) is 0 Å². The number of amides is 2. The molecule has 1 aliphatic rings. The topological polar surface area (TPSA) is 23.6 Å². The smallest absolute Gasteiger partial charge is 0.318 e. The molecule has 0 radical (unpaired) electrons. The van der Waals surface area contributed by atoms with E-state index >= 15 is 0 Å². The molecule has 0 spiro atoms. The van der Waals surface area contributed by atoms with E-state index < -0.39 is 0 Å². The Hall–Kier alpha value is -2.20. The second-order valence-corrected chi connectivity index (χ2v) is 6.40. The van der Waals surface area contributed by atoms with Crippen LogP contribution in [-0.2, 0) is 6.54 Å². The fourth-order valence-electron chi connectivity index (χ4n) is 2.84. The van der Waals surface area contributed by atoms with Gasteiger partial charge in [-0.1, -0.05) is 36.4 Å². The first-order chi connectivity index (χ1) is 11.2. The largest absolute Gasteiger partial charge is 0.325 e. The maximum absolute atomic E-state index is 12.8. The molecule has 1 fully saturated rings. The van der Waals surface area contributed by atoms with Crippen molar-refractivity contribution in [2.24, 2.45) is 0 Å².